The van der Waals surface area contributed by atoms with Crippen molar-refractivity contribution in [2.45, 2.75) is 63.3 Å². The second kappa shape index (κ2) is 12.9. The molecule has 4 N–H and O–H groups in total. The van der Waals surface area contributed by atoms with E-state index in [0.29, 0.717) is 38.5 Å². The molecule has 2 rings (SSSR count). The van der Waals surface area contributed by atoms with Gasteiger partial charge in [0.25, 0.3) is 0 Å². The molecule has 7 nitrogen and oxygen atoms in total. The lowest BCUT2D eigenvalue weighted by atomic mass is 9.89. The Balaban J connectivity index is 1.77. The van der Waals surface area contributed by atoms with E-state index >= 15 is 0 Å². The molecule has 180 valence electrons. The maximum atomic E-state index is 11.5. The summed E-state index contributed by atoms with van der Waals surface area (Å²) in [6.45, 7) is 0. The van der Waals surface area contributed by atoms with Crippen molar-refractivity contribution in [3.63, 3.8) is 0 Å². The number of aryl methyl sites for hydroxylation is 1. The first-order valence-corrected chi connectivity index (χ1v) is 13.8. The Bertz CT molecular complexity index is 898. The highest BCUT2D eigenvalue weighted by Gasteiger charge is 2.39. The van der Waals surface area contributed by atoms with Crippen molar-refractivity contribution in [1.82, 2.24) is 4.72 Å². The van der Waals surface area contributed by atoms with Crippen molar-refractivity contribution in [2.75, 3.05) is 6.26 Å². The summed E-state index contributed by atoms with van der Waals surface area (Å²) in [6.07, 6.45) is 9.67. The monoisotopic (exact) mass is 505 g/mol. The first-order valence-electron chi connectivity index (χ1n) is 10.7. The number of nitrogens with one attached hydrogen (secondary N) is 1. The van der Waals surface area contributed by atoms with Gasteiger partial charge in [-0.1, -0.05) is 35.9 Å². The second-order valence-electron chi connectivity index (χ2n) is 8.21. The zero-order valence-corrected chi connectivity index (χ0v) is 20.5. The molecule has 1 amide bonds. The topological polar surface area (TPSA) is 124 Å². The maximum absolute atomic E-state index is 11.5. The van der Waals surface area contributed by atoms with Gasteiger partial charge in [0.15, 0.2) is 0 Å². The van der Waals surface area contributed by atoms with Crippen molar-refractivity contribution in [3.05, 3.63) is 45.7 Å². The molecule has 1 aromatic rings. The van der Waals surface area contributed by atoms with Gasteiger partial charge in [-0.3, -0.25) is 9.52 Å². The summed E-state index contributed by atoms with van der Waals surface area (Å²) >= 11 is 7.41. The summed E-state index contributed by atoms with van der Waals surface area (Å²) in [5.41, 5.74) is 0. The van der Waals surface area contributed by atoms with Gasteiger partial charge >= 0.3 is 0 Å². The van der Waals surface area contributed by atoms with Crippen molar-refractivity contribution in [3.8, 4) is 0 Å². The van der Waals surface area contributed by atoms with Crippen LogP contribution in [0.15, 0.2) is 36.4 Å². The summed E-state index contributed by atoms with van der Waals surface area (Å²) in [5.74, 6) is -0.934. The first-order chi connectivity index (χ1) is 15.0. The van der Waals surface area contributed by atoms with E-state index < -0.39 is 34.2 Å². The van der Waals surface area contributed by atoms with E-state index in [0.717, 1.165) is 15.5 Å². The highest BCUT2D eigenvalue weighted by Crippen LogP contribution is 2.36. The molecular weight excluding hydrogens is 474 g/mol. The summed E-state index contributed by atoms with van der Waals surface area (Å²) < 4.78 is 24.6. The van der Waals surface area contributed by atoms with Gasteiger partial charge in [0.05, 0.1) is 28.9 Å². The summed E-state index contributed by atoms with van der Waals surface area (Å²) in [6, 6.07) is 3.78. The fraction of sp³-hybridized carbons (Fsp3) is 0.591. The second-order valence-corrected chi connectivity index (χ2v) is 11.8. The Labute approximate surface area is 198 Å². The van der Waals surface area contributed by atoms with E-state index in [1.807, 2.05) is 29.0 Å². The van der Waals surface area contributed by atoms with Gasteiger partial charge in [-0.2, -0.15) is 0 Å². The van der Waals surface area contributed by atoms with Crippen LogP contribution >= 0.6 is 22.9 Å². The molecule has 1 saturated carbocycles. The molecule has 0 radical (unpaired) electrons. The van der Waals surface area contributed by atoms with Gasteiger partial charge in [0, 0.05) is 23.6 Å². The zero-order chi connectivity index (χ0) is 23.7. The van der Waals surface area contributed by atoms with E-state index in [1.54, 1.807) is 12.2 Å². The number of rotatable bonds is 12. The van der Waals surface area contributed by atoms with Crippen LogP contribution < -0.4 is 4.72 Å². The third-order valence-corrected chi connectivity index (χ3v) is 7.32. The van der Waals surface area contributed by atoms with Gasteiger partial charge < -0.3 is 15.3 Å². The van der Waals surface area contributed by atoms with Crippen molar-refractivity contribution in [1.29, 1.82) is 0 Å². The number of hydrogen-bond donors (Lipinski definition) is 4. The zero-order valence-electron chi connectivity index (χ0n) is 18.1. The fourth-order valence-corrected chi connectivity index (χ4v) is 5.46. The minimum absolute atomic E-state index is 0.114. The van der Waals surface area contributed by atoms with Crippen LogP contribution in [0.2, 0.25) is 4.34 Å². The number of carbonyl (C=O) groups excluding carboxylic acids is 1. The third-order valence-electron chi connectivity index (χ3n) is 5.44. The molecular formula is C22H32ClNO6S2. The van der Waals surface area contributed by atoms with Crippen molar-refractivity contribution in [2.24, 2.45) is 11.8 Å². The highest BCUT2D eigenvalue weighted by molar-refractivity contribution is 7.89. The number of halogens is 1. The largest absolute Gasteiger partial charge is 0.393 e. The van der Waals surface area contributed by atoms with Crippen LogP contribution in [-0.4, -0.2) is 54.2 Å². The lowest BCUT2D eigenvalue weighted by Gasteiger charge is -2.19. The van der Waals surface area contributed by atoms with Crippen molar-refractivity contribution < 1.29 is 28.5 Å². The predicted molar refractivity (Wildman–Crippen MR) is 127 cm³/mol. The lowest BCUT2D eigenvalue weighted by Crippen LogP contribution is -2.28. The molecule has 0 spiro atoms. The van der Waals surface area contributed by atoms with Crippen LogP contribution in [-0.2, 0) is 21.2 Å². The Morgan fingerprint density at radius 3 is 2.72 bits per heavy atom. The van der Waals surface area contributed by atoms with E-state index in [-0.39, 0.29) is 18.3 Å². The Kier molecular flexibility index (Phi) is 10.9. The highest BCUT2D eigenvalue weighted by atomic mass is 35.5. The molecule has 5 atom stereocenters. The molecule has 0 aromatic carbocycles. The van der Waals surface area contributed by atoms with Crippen LogP contribution in [0.5, 0.6) is 0 Å². The van der Waals surface area contributed by atoms with Crippen LogP contribution in [0.25, 0.3) is 0 Å². The molecule has 10 heteroatoms. The van der Waals surface area contributed by atoms with Gasteiger partial charge in [-0.25, -0.2) is 8.42 Å². The number of carbonyl (C=O) groups is 1. The number of aliphatic hydroxyl groups excluding tert-OH is 3. The van der Waals surface area contributed by atoms with Crippen LogP contribution in [0.3, 0.4) is 0 Å². The van der Waals surface area contributed by atoms with Gasteiger partial charge in [-0.15, -0.1) is 11.3 Å². The van der Waals surface area contributed by atoms with Crippen molar-refractivity contribution >= 4 is 38.9 Å². The number of allylic oxidation sites excluding steroid dienone is 2. The van der Waals surface area contributed by atoms with Gasteiger partial charge in [0.1, 0.15) is 0 Å². The molecule has 1 aromatic heterocycles. The van der Waals surface area contributed by atoms with E-state index in [9.17, 15) is 28.5 Å². The number of hydrogen-bond acceptors (Lipinski definition) is 7. The minimum atomic E-state index is -3.53. The Morgan fingerprint density at radius 2 is 2.06 bits per heavy atom. The average molecular weight is 506 g/mol. The molecule has 0 aliphatic heterocycles. The van der Waals surface area contributed by atoms with Crippen LogP contribution in [0.1, 0.15) is 43.4 Å². The molecule has 1 aliphatic rings. The van der Waals surface area contributed by atoms with E-state index in [2.05, 4.69) is 0 Å². The number of unbranched alkanes of at least 4 members (excludes halogenated alkanes) is 1. The fourth-order valence-electron chi connectivity index (χ4n) is 3.84. The first kappa shape index (κ1) is 27.0. The number of aliphatic hydroxyl groups is 3. The Morgan fingerprint density at radius 1 is 1.31 bits per heavy atom. The van der Waals surface area contributed by atoms with Gasteiger partial charge in [-0.05, 0) is 50.2 Å². The summed E-state index contributed by atoms with van der Waals surface area (Å²) in [5, 5.41) is 30.9. The standard InChI is InChI=1S/C22H32ClNO6S2/c1-32(29,30)24-22(28)7-5-3-2-4-6-17-18(20(27)14-19(17)26)12-9-15(25)8-10-16-11-13-21(23)31-16/h2,4,9,11-13,15,17-20,25-27H,3,5-8,10,14H2,1H3,(H,24,28)/b4-2-,12-9+/t15-,17+,18+,19-,20+/m0/s1. The Hall–Kier alpha value is -1.23. The molecule has 32 heavy (non-hydrogen) atoms. The average Bonchev–Trinajstić information content (AvgIpc) is 3.22. The number of thiophene rings is 1. The molecule has 0 unspecified atom stereocenters. The smallest absolute Gasteiger partial charge is 0.233 e. The molecule has 0 saturated heterocycles. The van der Waals surface area contributed by atoms with E-state index in [4.69, 9.17) is 11.6 Å². The maximum Gasteiger partial charge on any atom is 0.233 e. The quantitative estimate of drug-likeness (QED) is 0.256. The number of amides is 1. The summed E-state index contributed by atoms with van der Waals surface area (Å²) in [4.78, 5) is 12.6. The minimum Gasteiger partial charge on any atom is -0.393 e. The van der Waals surface area contributed by atoms with Crippen LogP contribution in [0, 0.1) is 11.8 Å². The van der Waals surface area contributed by atoms with Crippen LogP contribution in [0.4, 0.5) is 0 Å². The molecule has 0 bridgehead atoms. The SMILES string of the molecule is CS(=O)(=O)NC(=O)CCC/C=C\C[C@@H]1[C@@H](/C=C/[C@@H](O)CCc2ccc(Cl)s2)[C@H](O)C[C@@H]1O. The normalized spacial score (nSPS) is 25.0. The number of sulfonamides is 1. The van der Waals surface area contributed by atoms with Gasteiger partial charge in [0.2, 0.25) is 15.9 Å². The third kappa shape index (κ3) is 9.72. The molecule has 1 aliphatic carbocycles. The summed E-state index contributed by atoms with van der Waals surface area (Å²) in [7, 11) is -3.53. The van der Waals surface area contributed by atoms with E-state index in [1.165, 1.54) is 11.3 Å². The predicted octanol–water partition coefficient (Wildman–Crippen LogP) is 2.80. The lowest BCUT2D eigenvalue weighted by molar-refractivity contribution is -0.119. The molecule has 1 fully saturated rings. The molecule has 1 heterocycles.